The number of aromatic nitrogens is 2. The molecule has 1 aromatic carbocycles. The number of para-hydroxylation sites is 1. The summed E-state index contributed by atoms with van der Waals surface area (Å²) in [6, 6.07) is 10.3. The zero-order valence-electron chi connectivity index (χ0n) is 10.1. The normalized spacial score (nSPS) is 10.5. The summed E-state index contributed by atoms with van der Waals surface area (Å²) in [5.74, 6) is -0.0758. The summed E-state index contributed by atoms with van der Waals surface area (Å²) in [5.41, 5.74) is 0.791. The summed E-state index contributed by atoms with van der Waals surface area (Å²) in [7, 11) is 0. The van der Waals surface area contributed by atoms with E-state index in [1.165, 1.54) is 10.7 Å². The number of benzene rings is 1. The second kappa shape index (κ2) is 5.46. The summed E-state index contributed by atoms with van der Waals surface area (Å²) in [6.45, 7) is 3.16. The van der Waals surface area contributed by atoms with Crippen LogP contribution in [0, 0.1) is 0 Å². The Morgan fingerprint density at radius 2 is 2.06 bits per heavy atom. The van der Waals surface area contributed by atoms with Crippen LogP contribution in [0.25, 0.3) is 5.69 Å². The summed E-state index contributed by atoms with van der Waals surface area (Å²) < 4.78 is 1.28. The Bertz CT molecular complexity index is 579. The molecule has 18 heavy (non-hydrogen) atoms. The maximum atomic E-state index is 11.8. The molecule has 5 heteroatoms. The Morgan fingerprint density at radius 1 is 1.33 bits per heavy atom. The van der Waals surface area contributed by atoms with Crippen molar-refractivity contribution in [1.82, 2.24) is 15.1 Å². The minimum absolute atomic E-state index is 0.0758. The first-order valence-electron chi connectivity index (χ1n) is 5.80. The Kier molecular flexibility index (Phi) is 3.74. The second-order valence-electron chi connectivity index (χ2n) is 3.84. The molecule has 0 saturated heterocycles. The number of aromatic hydroxyl groups is 1. The van der Waals surface area contributed by atoms with Crippen LogP contribution in [0.5, 0.6) is 5.75 Å². The third kappa shape index (κ3) is 2.57. The fourth-order valence-electron chi connectivity index (χ4n) is 1.61. The SMILES string of the molecule is CCNCc1nn(-c2ccccc2)c(=O)cc1O. The van der Waals surface area contributed by atoms with E-state index in [1.54, 1.807) is 12.1 Å². The number of hydrogen-bond acceptors (Lipinski definition) is 4. The largest absolute Gasteiger partial charge is 0.506 e. The van der Waals surface area contributed by atoms with Gasteiger partial charge in [0.25, 0.3) is 5.56 Å². The summed E-state index contributed by atoms with van der Waals surface area (Å²) in [6.07, 6.45) is 0. The van der Waals surface area contributed by atoms with E-state index in [9.17, 15) is 9.90 Å². The molecule has 0 bridgehead atoms. The summed E-state index contributed by atoms with van der Waals surface area (Å²) in [4.78, 5) is 11.8. The van der Waals surface area contributed by atoms with Gasteiger partial charge in [0, 0.05) is 12.6 Å². The van der Waals surface area contributed by atoms with Crippen molar-refractivity contribution in [2.45, 2.75) is 13.5 Å². The molecule has 2 aromatic rings. The lowest BCUT2D eigenvalue weighted by Crippen LogP contribution is -2.23. The van der Waals surface area contributed by atoms with Crippen molar-refractivity contribution < 1.29 is 5.11 Å². The molecule has 1 aromatic heterocycles. The third-order valence-corrected chi connectivity index (χ3v) is 2.53. The van der Waals surface area contributed by atoms with Crippen molar-refractivity contribution in [3.8, 4) is 11.4 Å². The average molecular weight is 245 g/mol. The lowest BCUT2D eigenvalue weighted by molar-refractivity contribution is 0.452. The molecule has 0 atom stereocenters. The molecule has 0 saturated carbocycles. The molecule has 0 aliphatic carbocycles. The van der Waals surface area contributed by atoms with Crippen LogP contribution < -0.4 is 10.9 Å². The third-order valence-electron chi connectivity index (χ3n) is 2.53. The fraction of sp³-hybridized carbons (Fsp3) is 0.231. The van der Waals surface area contributed by atoms with Gasteiger partial charge in [-0.15, -0.1) is 0 Å². The van der Waals surface area contributed by atoms with Gasteiger partial charge in [-0.25, -0.2) is 0 Å². The van der Waals surface area contributed by atoms with Crippen LogP contribution >= 0.6 is 0 Å². The van der Waals surface area contributed by atoms with Gasteiger partial charge in [0.1, 0.15) is 11.4 Å². The summed E-state index contributed by atoms with van der Waals surface area (Å²) in [5, 5.41) is 16.9. The minimum atomic E-state index is -0.348. The van der Waals surface area contributed by atoms with Gasteiger partial charge in [0.15, 0.2) is 0 Å². The van der Waals surface area contributed by atoms with Gasteiger partial charge in [-0.2, -0.15) is 9.78 Å². The zero-order chi connectivity index (χ0) is 13.0. The molecular formula is C13H15N3O2. The molecule has 0 radical (unpaired) electrons. The van der Waals surface area contributed by atoms with E-state index in [4.69, 9.17) is 0 Å². The lowest BCUT2D eigenvalue weighted by atomic mass is 10.3. The number of nitrogens with zero attached hydrogens (tertiary/aromatic N) is 2. The van der Waals surface area contributed by atoms with Crippen LogP contribution in [0.3, 0.4) is 0 Å². The first-order chi connectivity index (χ1) is 8.72. The van der Waals surface area contributed by atoms with E-state index in [0.717, 1.165) is 6.54 Å². The van der Waals surface area contributed by atoms with Gasteiger partial charge < -0.3 is 10.4 Å². The standard InChI is InChI=1S/C13H15N3O2/c1-2-14-9-11-12(17)8-13(18)16(15-11)10-6-4-3-5-7-10/h3-8,14,17H,2,9H2,1H3. The monoisotopic (exact) mass is 245 g/mol. The van der Waals surface area contributed by atoms with E-state index in [-0.39, 0.29) is 11.3 Å². The molecule has 2 N–H and O–H groups in total. The topological polar surface area (TPSA) is 67.2 Å². The van der Waals surface area contributed by atoms with Crippen LogP contribution in [0.1, 0.15) is 12.6 Å². The smallest absolute Gasteiger partial charge is 0.275 e. The van der Waals surface area contributed by atoms with Crippen molar-refractivity contribution in [3.05, 3.63) is 52.4 Å². The molecule has 5 nitrogen and oxygen atoms in total. The zero-order valence-corrected chi connectivity index (χ0v) is 10.1. The highest BCUT2D eigenvalue weighted by atomic mass is 16.3. The van der Waals surface area contributed by atoms with E-state index >= 15 is 0 Å². The molecule has 94 valence electrons. The highest BCUT2D eigenvalue weighted by Gasteiger charge is 2.08. The maximum Gasteiger partial charge on any atom is 0.275 e. The van der Waals surface area contributed by atoms with Gasteiger partial charge in [0.2, 0.25) is 0 Å². The van der Waals surface area contributed by atoms with E-state index in [1.807, 2.05) is 25.1 Å². The summed E-state index contributed by atoms with van der Waals surface area (Å²) >= 11 is 0. The minimum Gasteiger partial charge on any atom is -0.506 e. The van der Waals surface area contributed by atoms with Crippen LogP contribution in [0.2, 0.25) is 0 Å². The fourth-order valence-corrected chi connectivity index (χ4v) is 1.61. The molecular weight excluding hydrogens is 230 g/mol. The molecule has 0 aliphatic rings. The van der Waals surface area contributed by atoms with Crippen molar-refractivity contribution in [1.29, 1.82) is 0 Å². The van der Waals surface area contributed by atoms with E-state index in [2.05, 4.69) is 10.4 Å². The van der Waals surface area contributed by atoms with Crippen LogP contribution in [0.4, 0.5) is 0 Å². The average Bonchev–Trinajstić information content (AvgIpc) is 2.39. The predicted molar refractivity (Wildman–Crippen MR) is 68.9 cm³/mol. The maximum absolute atomic E-state index is 11.8. The van der Waals surface area contributed by atoms with Gasteiger partial charge in [-0.3, -0.25) is 4.79 Å². The van der Waals surface area contributed by atoms with Crippen molar-refractivity contribution in [3.63, 3.8) is 0 Å². The van der Waals surface area contributed by atoms with Gasteiger partial charge in [-0.1, -0.05) is 25.1 Å². The lowest BCUT2D eigenvalue weighted by Gasteiger charge is -2.08. The van der Waals surface area contributed by atoms with Crippen LogP contribution in [-0.2, 0) is 6.54 Å². The first kappa shape index (κ1) is 12.3. The van der Waals surface area contributed by atoms with Crippen molar-refractivity contribution in [2.75, 3.05) is 6.54 Å². The molecule has 2 rings (SSSR count). The van der Waals surface area contributed by atoms with Gasteiger partial charge >= 0.3 is 0 Å². The molecule has 0 aliphatic heterocycles. The Balaban J connectivity index is 2.45. The highest BCUT2D eigenvalue weighted by molar-refractivity contribution is 5.32. The van der Waals surface area contributed by atoms with Crippen LogP contribution in [0.15, 0.2) is 41.2 Å². The van der Waals surface area contributed by atoms with Crippen molar-refractivity contribution >= 4 is 0 Å². The molecule has 0 unspecified atom stereocenters. The number of rotatable bonds is 4. The van der Waals surface area contributed by atoms with Gasteiger partial charge in [-0.05, 0) is 18.7 Å². The predicted octanol–water partition coefficient (Wildman–Crippen LogP) is 1.05. The molecule has 0 spiro atoms. The molecule has 0 fully saturated rings. The molecule has 0 amide bonds. The second-order valence-corrected chi connectivity index (χ2v) is 3.84. The Hall–Kier alpha value is -2.14. The quantitative estimate of drug-likeness (QED) is 0.844. The first-order valence-corrected chi connectivity index (χ1v) is 5.80. The molecule has 1 heterocycles. The number of nitrogens with one attached hydrogen (secondary N) is 1. The van der Waals surface area contributed by atoms with Crippen LogP contribution in [-0.4, -0.2) is 21.4 Å². The Labute approximate surface area is 105 Å². The number of hydrogen-bond donors (Lipinski definition) is 2. The highest BCUT2D eigenvalue weighted by Crippen LogP contribution is 2.11. The Morgan fingerprint density at radius 3 is 2.72 bits per heavy atom. The van der Waals surface area contributed by atoms with Crippen molar-refractivity contribution in [2.24, 2.45) is 0 Å². The van der Waals surface area contributed by atoms with E-state index < -0.39 is 0 Å². The van der Waals surface area contributed by atoms with Gasteiger partial charge in [0.05, 0.1) is 5.69 Å². The van der Waals surface area contributed by atoms with E-state index in [0.29, 0.717) is 17.9 Å².